The Morgan fingerprint density at radius 2 is 2.06 bits per heavy atom. The summed E-state index contributed by atoms with van der Waals surface area (Å²) in [6, 6.07) is 6.49. The van der Waals surface area contributed by atoms with E-state index in [0.29, 0.717) is 19.5 Å². The van der Waals surface area contributed by atoms with Crippen molar-refractivity contribution < 1.29 is 9.18 Å². The maximum Gasteiger partial charge on any atom is 0.222 e. The highest BCUT2D eigenvalue weighted by Crippen LogP contribution is 2.26. The SMILES string of the molecule is CCC(=O)N1CC(N)CC(c2ccc(F)cc2)C1. The highest BCUT2D eigenvalue weighted by Gasteiger charge is 2.28. The van der Waals surface area contributed by atoms with Gasteiger partial charge in [-0.3, -0.25) is 4.79 Å². The average molecular weight is 250 g/mol. The third-order valence-corrected chi connectivity index (χ3v) is 3.48. The second kappa shape index (κ2) is 5.48. The number of carbonyl (C=O) groups is 1. The Labute approximate surface area is 107 Å². The van der Waals surface area contributed by atoms with Gasteiger partial charge in [-0.25, -0.2) is 4.39 Å². The number of carbonyl (C=O) groups excluding carboxylic acids is 1. The third-order valence-electron chi connectivity index (χ3n) is 3.48. The first-order valence-corrected chi connectivity index (χ1v) is 6.39. The molecule has 0 aliphatic carbocycles. The fraction of sp³-hybridized carbons (Fsp3) is 0.500. The predicted molar refractivity (Wildman–Crippen MR) is 68.6 cm³/mol. The Kier molecular flexibility index (Phi) is 3.97. The van der Waals surface area contributed by atoms with Gasteiger partial charge in [-0.2, -0.15) is 0 Å². The number of hydrogen-bond donors (Lipinski definition) is 1. The Balaban J connectivity index is 2.13. The van der Waals surface area contributed by atoms with Crippen LogP contribution in [0.3, 0.4) is 0 Å². The summed E-state index contributed by atoms with van der Waals surface area (Å²) in [5.41, 5.74) is 7.06. The standard InChI is InChI=1S/C14H19FN2O/c1-2-14(18)17-8-11(7-13(16)9-17)10-3-5-12(15)6-4-10/h3-6,11,13H,2,7-9,16H2,1H3. The van der Waals surface area contributed by atoms with E-state index in [4.69, 9.17) is 5.73 Å². The summed E-state index contributed by atoms with van der Waals surface area (Å²) in [6.07, 6.45) is 1.35. The fourth-order valence-corrected chi connectivity index (χ4v) is 2.54. The lowest BCUT2D eigenvalue weighted by atomic mass is 9.88. The fourth-order valence-electron chi connectivity index (χ4n) is 2.54. The normalized spacial score (nSPS) is 24.1. The van der Waals surface area contributed by atoms with Gasteiger partial charge in [0.05, 0.1) is 0 Å². The van der Waals surface area contributed by atoms with E-state index < -0.39 is 0 Å². The van der Waals surface area contributed by atoms with Crippen molar-refractivity contribution in [1.82, 2.24) is 4.90 Å². The molecule has 1 aromatic carbocycles. The van der Waals surface area contributed by atoms with Crippen LogP contribution in [-0.2, 0) is 4.79 Å². The van der Waals surface area contributed by atoms with Crippen LogP contribution in [0.4, 0.5) is 4.39 Å². The van der Waals surface area contributed by atoms with Crippen molar-refractivity contribution in [2.75, 3.05) is 13.1 Å². The van der Waals surface area contributed by atoms with E-state index in [1.807, 2.05) is 11.8 Å². The molecule has 0 radical (unpaired) electrons. The molecule has 0 spiro atoms. The van der Waals surface area contributed by atoms with Crippen LogP contribution >= 0.6 is 0 Å². The van der Waals surface area contributed by atoms with Crippen molar-refractivity contribution >= 4 is 5.91 Å². The van der Waals surface area contributed by atoms with Gasteiger partial charge in [-0.1, -0.05) is 19.1 Å². The van der Waals surface area contributed by atoms with Crippen LogP contribution in [0, 0.1) is 5.82 Å². The van der Waals surface area contributed by atoms with Gasteiger partial charge >= 0.3 is 0 Å². The van der Waals surface area contributed by atoms with Gasteiger partial charge in [0.15, 0.2) is 0 Å². The van der Waals surface area contributed by atoms with Gasteiger partial charge in [0.25, 0.3) is 0 Å². The summed E-state index contributed by atoms with van der Waals surface area (Å²) >= 11 is 0. The molecule has 1 amide bonds. The van der Waals surface area contributed by atoms with E-state index in [-0.39, 0.29) is 23.7 Å². The number of halogens is 1. The predicted octanol–water partition coefficient (Wildman–Crippen LogP) is 1.88. The van der Waals surface area contributed by atoms with Crippen LogP contribution in [-0.4, -0.2) is 29.9 Å². The Morgan fingerprint density at radius 1 is 1.39 bits per heavy atom. The van der Waals surface area contributed by atoms with Crippen molar-refractivity contribution in [3.05, 3.63) is 35.6 Å². The van der Waals surface area contributed by atoms with Crippen LogP contribution in [0.25, 0.3) is 0 Å². The van der Waals surface area contributed by atoms with Crippen molar-refractivity contribution in [2.24, 2.45) is 5.73 Å². The zero-order valence-electron chi connectivity index (χ0n) is 10.6. The Bertz CT molecular complexity index is 418. The van der Waals surface area contributed by atoms with Crippen LogP contribution in [0.15, 0.2) is 24.3 Å². The second-order valence-electron chi connectivity index (χ2n) is 4.90. The molecule has 1 fully saturated rings. The molecule has 2 atom stereocenters. The summed E-state index contributed by atoms with van der Waals surface area (Å²) in [5.74, 6) is 0.113. The highest BCUT2D eigenvalue weighted by molar-refractivity contribution is 5.76. The lowest BCUT2D eigenvalue weighted by Crippen LogP contribution is -2.48. The first-order valence-electron chi connectivity index (χ1n) is 6.39. The van der Waals surface area contributed by atoms with Crippen LogP contribution in [0.1, 0.15) is 31.2 Å². The van der Waals surface area contributed by atoms with Crippen LogP contribution in [0.2, 0.25) is 0 Å². The number of benzene rings is 1. The smallest absolute Gasteiger partial charge is 0.222 e. The summed E-state index contributed by atoms with van der Waals surface area (Å²) < 4.78 is 12.9. The first-order chi connectivity index (χ1) is 8.60. The summed E-state index contributed by atoms with van der Waals surface area (Å²) in [7, 11) is 0. The van der Waals surface area contributed by atoms with E-state index in [2.05, 4.69) is 0 Å². The second-order valence-corrected chi connectivity index (χ2v) is 4.90. The van der Waals surface area contributed by atoms with Crippen molar-refractivity contribution in [3.63, 3.8) is 0 Å². The molecule has 18 heavy (non-hydrogen) atoms. The van der Waals surface area contributed by atoms with Gasteiger partial charge in [0.1, 0.15) is 5.82 Å². The summed E-state index contributed by atoms with van der Waals surface area (Å²) in [4.78, 5) is 13.6. The maximum atomic E-state index is 12.9. The maximum absolute atomic E-state index is 12.9. The summed E-state index contributed by atoms with van der Waals surface area (Å²) in [5, 5.41) is 0. The molecule has 3 nitrogen and oxygen atoms in total. The van der Waals surface area contributed by atoms with Crippen molar-refractivity contribution in [3.8, 4) is 0 Å². The number of nitrogens with two attached hydrogens (primary N) is 1. The molecule has 4 heteroatoms. The van der Waals surface area contributed by atoms with Crippen molar-refractivity contribution in [2.45, 2.75) is 31.7 Å². The molecular formula is C14H19FN2O. The summed E-state index contributed by atoms with van der Waals surface area (Å²) in [6.45, 7) is 3.17. The third kappa shape index (κ3) is 2.88. The zero-order chi connectivity index (χ0) is 13.1. The minimum Gasteiger partial charge on any atom is -0.341 e. The molecule has 0 bridgehead atoms. The molecule has 1 aliphatic rings. The average Bonchev–Trinajstić information content (AvgIpc) is 2.38. The van der Waals surface area contributed by atoms with Crippen molar-refractivity contribution in [1.29, 1.82) is 0 Å². The number of hydrogen-bond acceptors (Lipinski definition) is 2. The number of likely N-dealkylation sites (tertiary alicyclic amines) is 1. The molecule has 1 aliphatic heterocycles. The molecule has 1 aromatic rings. The van der Waals surface area contributed by atoms with E-state index in [0.717, 1.165) is 12.0 Å². The van der Waals surface area contributed by atoms with E-state index in [1.165, 1.54) is 12.1 Å². The zero-order valence-corrected chi connectivity index (χ0v) is 10.6. The lowest BCUT2D eigenvalue weighted by Gasteiger charge is -2.36. The Hall–Kier alpha value is -1.42. The van der Waals surface area contributed by atoms with Gasteiger partial charge in [0, 0.05) is 31.5 Å². The lowest BCUT2D eigenvalue weighted by molar-refractivity contribution is -0.132. The molecule has 0 saturated carbocycles. The van der Waals surface area contributed by atoms with E-state index in [9.17, 15) is 9.18 Å². The largest absolute Gasteiger partial charge is 0.341 e. The van der Waals surface area contributed by atoms with Gasteiger partial charge in [-0.15, -0.1) is 0 Å². The van der Waals surface area contributed by atoms with E-state index in [1.54, 1.807) is 12.1 Å². The van der Waals surface area contributed by atoms with E-state index >= 15 is 0 Å². The van der Waals surface area contributed by atoms with Gasteiger partial charge < -0.3 is 10.6 Å². The monoisotopic (exact) mass is 250 g/mol. The molecular weight excluding hydrogens is 231 g/mol. The molecule has 98 valence electrons. The van der Waals surface area contributed by atoms with Gasteiger partial charge in [0.2, 0.25) is 5.91 Å². The molecule has 0 aromatic heterocycles. The molecule has 2 unspecified atom stereocenters. The van der Waals surface area contributed by atoms with Gasteiger partial charge in [-0.05, 0) is 24.1 Å². The number of amides is 1. The minimum atomic E-state index is -0.236. The number of nitrogens with zero attached hydrogens (tertiary/aromatic N) is 1. The molecule has 1 saturated heterocycles. The topological polar surface area (TPSA) is 46.3 Å². The van der Waals surface area contributed by atoms with Crippen LogP contribution < -0.4 is 5.73 Å². The Morgan fingerprint density at radius 3 is 2.67 bits per heavy atom. The van der Waals surface area contributed by atoms with Crippen LogP contribution in [0.5, 0.6) is 0 Å². The quantitative estimate of drug-likeness (QED) is 0.871. The number of piperidine rings is 1. The number of rotatable bonds is 2. The molecule has 2 rings (SSSR count). The molecule has 2 N–H and O–H groups in total. The molecule has 1 heterocycles. The first kappa shape index (κ1) is 13.0. The highest BCUT2D eigenvalue weighted by atomic mass is 19.1. The minimum absolute atomic E-state index is 0.00398.